The fourth-order valence-electron chi connectivity index (χ4n) is 2.61. The van der Waals surface area contributed by atoms with E-state index in [-0.39, 0.29) is 5.91 Å². The Bertz CT molecular complexity index is 769. The smallest absolute Gasteiger partial charge is 0.244 e. The van der Waals surface area contributed by atoms with Crippen molar-refractivity contribution >= 4 is 12.0 Å². The van der Waals surface area contributed by atoms with Crippen molar-refractivity contribution in [2.45, 2.75) is 32.7 Å². The van der Waals surface area contributed by atoms with Crippen LogP contribution in [0.2, 0.25) is 0 Å². The topological polar surface area (TPSA) is 56.8 Å². The lowest BCUT2D eigenvalue weighted by atomic mass is 10.2. The summed E-state index contributed by atoms with van der Waals surface area (Å²) in [4.78, 5) is 12.1. The molecule has 2 rings (SSSR count). The van der Waals surface area contributed by atoms with Crippen LogP contribution >= 0.6 is 0 Å². The molecule has 0 spiro atoms. The fraction of sp³-hybridized carbons (Fsp3) is 0.348. The molecule has 2 aromatic rings. The van der Waals surface area contributed by atoms with E-state index in [1.54, 1.807) is 20.3 Å². The highest BCUT2D eigenvalue weighted by atomic mass is 16.5. The zero-order valence-electron chi connectivity index (χ0n) is 16.9. The number of benzene rings is 2. The van der Waals surface area contributed by atoms with Crippen LogP contribution < -0.4 is 19.5 Å². The Morgan fingerprint density at radius 2 is 1.79 bits per heavy atom. The largest absolute Gasteiger partial charge is 0.497 e. The highest BCUT2D eigenvalue weighted by Gasteiger charge is 2.05. The molecule has 28 heavy (non-hydrogen) atoms. The Labute approximate surface area is 167 Å². The Kier molecular flexibility index (Phi) is 8.92. The highest BCUT2D eigenvalue weighted by Crippen LogP contribution is 2.28. The van der Waals surface area contributed by atoms with Crippen LogP contribution in [0, 0.1) is 0 Å². The SMILES string of the molecule is CCCCCOc1cc(C=CC(=O)NCc2ccc(OC)cc2)ccc1OC. The third kappa shape index (κ3) is 6.99. The van der Waals surface area contributed by atoms with E-state index in [0.717, 1.165) is 36.1 Å². The van der Waals surface area contributed by atoms with Gasteiger partial charge in [-0.15, -0.1) is 0 Å². The van der Waals surface area contributed by atoms with Crippen LogP contribution in [0.25, 0.3) is 6.08 Å². The zero-order chi connectivity index (χ0) is 20.2. The van der Waals surface area contributed by atoms with E-state index in [0.29, 0.717) is 24.7 Å². The Morgan fingerprint density at radius 1 is 1.00 bits per heavy atom. The van der Waals surface area contributed by atoms with Crippen molar-refractivity contribution in [3.8, 4) is 17.2 Å². The Morgan fingerprint density at radius 3 is 2.46 bits per heavy atom. The summed E-state index contributed by atoms with van der Waals surface area (Å²) >= 11 is 0. The average Bonchev–Trinajstić information content (AvgIpc) is 2.74. The monoisotopic (exact) mass is 383 g/mol. The minimum atomic E-state index is -0.156. The first-order valence-electron chi connectivity index (χ1n) is 9.56. The number of carbonyl (C=O) groups is 1. The maximum absolute atomic E-state index is 12.1. The molecule has 0 aliphatic carbocycles. The molecule has 0 unspecified atom stereocenters. The van der Waals surface area contributed by atoms with Crippen LogP contribution in [0.1, 0.15) is 37.3 Å². The molecule has 0 aromatic heterocycles. The van der Waals surface area contributed by atoms with Gasteiger partial charge in [0.05, 0.1) is 20.8 Å². The predicted octanol–water partition coefficient (Wildman–Crippen LogP) is 4.60. The van der Waals surface area contributed by atoms with Crippen LogP contribution in [-0.4, -0.2) is 26.7 Å². The Balaban J connectivity index is 1.91. The second-order valence-corrected chi connectivity index (χ2v) is 6.37. The van der Waals surface area contributed by atoms with Crippen molar-refractivity contribution in [2.24, 2.45) is 0 Å². The summed E-state index contributed by atoms with van der Waals surface area (Å²) in [6.45, 7) is 3.27. The van der Waals surface area contributed by atoms with E-state index in [1.807, 2.05) is 42.5 Å². The first-order valence-corrected chi connectivity index (χ1v) is 9.56. The predicted molar refractivity (Wildman–Crippen MR) is 112 cm³/mol. The molecular weight excluding hydrogens is 354 g/mol. The van der Waals surface area contributed by atoms with Gasteiger partial charge < -0.3 is 19.5 Å². The van der Waals surface area contributed by atoms with E-state index in [1.165, 1.54) is 6.08 Å². The molecular formula is C23H29NO4. The molecule has 0 saturated carbocycles. The Hall–Kier alpha value is -2.95. The molecule has 0 radical (unpaired) electrons. The van der Waals surface area contributed by atoms with Gasteiger partial charge in [-0.25, -0.2) is 0 Å². The van der Waals surface area contributed by atoms with Gasteiger partial charge in [-0.3, -0.25) is 4.79 Å². The molecule has 0 aliphatic heterocycles. The van der Waals surface area contributed by atoms with Crippen LogP contribution in [-0.2, 0) is 11.3 Å². The number of carbonyl (C=O) groups excluding carboxylic acids is 1. The molecule has 5 nitrogen and oxygen atoms in total. The van der Waals surface area contributed by atoms with Crippen LogP contribution in [0.3, 0.4) is 0 Å². The quantitative estimate of drug-likeness (QED) is 0.455. The van der Waals surface area contributed by atoms with Crippen molar-refractivity contribution in [2.75, 3.05) is 20.8 Å². The normalized spacial score (nSPS) is 10.7. The van der Waals surface area contributed by atoms with Crippen molar-refractivity contribution in [1.82, 2.24) is 5.32 Å². The van der Waals surface area contributed by atoms with Gasteiger partial charge in [0.15, 0.2) is 11.5 Å². The molecule has 1 N–H and O–H groups in total. The fourth-order valence-corrected chi connectivity index (χ4v) is 2.61. The average molecular weight is 383 g/mol. The molecule has 0 fully saturated rings. The molecule has 1 amide bonds. The second kappa shape index (κ2) is 11.7. The molecule has 0 bridgehead atoms. The van der Waals surface area contributed by atoms with Gasteiger partial charge in [-0.1, -0.05) is 38.0 Å². The van der Waals surface area contributed by atoms with E-state index in [2.05, 4.69) is 12.2 Å². The van der Waals surface area contributed by atoms with Gasteiger partial charge in [-0.2, -0.15) is 0 Å². The van der Waals surface area contributed by atoms with Crippen LogP contribution in [0.5, 0.6) is 17.2 Å². The number of unbranched alkanes of at least 4 members (excludes halogenated alkanes) is 2. The lowest BCUT2D eigenvalue weighted by molar-refractivity contribution is -0.116. The number of methoxy groups -OCH3 is 2. The van der Waals surface area contributed by atoms with Crippen LogP contribution in [0.15, 0.2) is 48.5 Å². The molecule has 150 valence electrons. The summed E-state index contributed by atoms with van der Waals surface area (Å²) < 4.78 is 16.3. The zero-order valence-corrected chi connectivity index (χ0v) is 16.9. The van der Waals surface area contributed by atoms with E-state index in [9.17, 15) is 4.79 Å². The second-order valence-electron chi connectivity index (χ2n) is 6.37. The van der Waals surface area contributed by atoms with Gasteiger partial charge in [-0.05, 0) is 47.9 Å². The number of hydrogen-bond donors (Lipinski definition) is 1. The molecule has 0 atom stereocenters. The van der Waals surface area contributed by atoms with Gasteiger partial charge in [0.1, 0.15) is 5.75 Å². The number of rotatable bonds is 11. The third-order valence-corrected chi connectivity index (χ3v) is 4.25. The minimum Gasteiger partial charge on any atom is -0.497 e. The first-order chi connectivity index (χ1) is 13.7. The summed E-state index contributed by atoms with van der Waals surface area (Å²) in [7, 11) is 3.25. The van der Waals surface area contributed by atoms with Gasteiger partial charge in [0, 0.05) is 12.6 Å². The molecule has 2 aromatic carbocycles. The molecule has 5 heteroatoms. The molecule has 0 saturated heterocycles. The third-order valence-electron chi connectivity index (χ3n) is 4.25. The number of nitrogens with one attached hydrogen (secondary N) is 1. The van der Waals surface area contributed by atoms with Gasteiger partial charge >= 0.3 is 0 Å². The van der Waals surface area contributed by atoms with Crippen molar-refractivity contribution in [1.29, 1.82) is 0 Å². The summed E-state index contributed by atoms with van der Waals surface area (Å²) in [6.07, 6.45) is 6.58. The number of amides is 1. The summed E-state index contributed by atoms with van der Waals surface area (Å²) in [5.74, 6) is 2.02. The van der Waals surface area contributed by atoms with E-state index in [4.69, 9.17) is 14.2 Å². The van der Waals surface area contributed by atoms with Gasteiger partial charge in [0.2, 0.25) is 5.91 Å². The van der Waals surface area contributed by atoms with Crippen molar-refractivity contribution < 1.29 is 19.0 Å². The maximum Gasteiger partial charge on any atom is 0.244 e. The summed E-state index contributed by atoms with van der Waals surface area (Å²) in [5, 5.41) is 2.87. The maximum atomic E-state index is 12.1. The van der Waals surface area contributed by atoms with Crippen molar-refractivity contribution in [3.63, 3.8) is 0 Å². The molecule has 0 aliphatic rings. The first kappa shape index (κ1) is 21.4. The molecule has 0 heterocycles. The number of ether oxygens (including phenoxy) is 3. The van der Waals surface area contributed by atoms with Crippen molar-refractivity contribution in [3.05, 3.63) is 59.7 Å². The summed E-state index contributed by atoms with van der Waals surface area (Å²) in [6, 6.07) is 13.2. The lowest BCUT2D eigenvalue weighted by Gasteiger charge is -2.11. The summed E-state index contributed by atoms with van der Waals surface area (Å²) in [5.41, 5.74) is 1.89. The number of hydrogen-bond acceptors (Lipinski definition) is 4. The van der Waals surface area contributed by atoms with Gasteiger partial charge in [0.25, 0.3) is 0 Å². The minimum absolute atomic E-state index is 0.156. The lowest BCUT2D eigenvalue weighted by Crippen LogP contribution is -2.20. The highest BCUT2D eigenvalue weighted by molar-refractivity contribution is 5.91. The van der Waals surface area contributed by atoms with E-state index < -0.39 is 0 Å². The van der Waals surface area contributed by atoms with E-state index >= 15 is 0 Å². The standard InChI is InChI=1S/C23H29NO4/c1-4-5-6-15-28-22-16-18(9-13-21(22)27-3)10-14-23(25)24-17-19-7-11-20(26-2)12-8-19/h7-14,16H,4-6,15,17H2,1-3H3,(H,24,25). The van der Waals surface area contributed by atoms with Crippen LogP contribution in [0.4, 0.5) is 0 Å².